The van der Waals surface area contributed by atoms with E-state index in [-0.39, 0.29) is 12.1 Å². The fourth-order valence-electron chi connectivity index (χ4n) is 4.19. The lowest BCUT2D eigenvalue weighted by molar-refractivity contribution is -0.0461. The summed E-state index contributed by atoms with van der Waals surface area (Å²) >= 11 is 0. The van der Waals surface area contributed by atoms with Gasteiger partial charge in [-0.3, -0.25) is 4.90 Å². The highest BCUT2D eigenvalue weighted by atomic mass is 16.5. The molecule has 0 bridgehead atoms. The molecule has 3 heterocycles. The number of likely N-dealkylation sites (N-methyl/N-ethyl adjacent to an activating group) is 1. The van der Waals surface area contributed by atoms with Gasteiger partial charge in [-0.05, 0) is 31.0 Å². The summed E-state index contributed by atoms with van der Waals surface area (Å²) in [6, 6.07) is 8.93. The standard InChI is InChI=1S/C19H28N4O2/c1-21-9-10-23(12-15-5-2-3-7-18(15)21)19(24)20-11-17-13-22-8-4-6-16(22)14-25-17/h2-3,5,7,16-17H,4,6,8-14H2,1H3,(H,20,24)/t16-,17-/m1/s1. The molecule has 25 heavy (non-hydrogen) atoms. The normalized spacial score (nSPS) is 26.8. The van der Waals surface area contributed by atoms with Gasteiger partial charge in [0, 0.05) is 51.5 Å². The fourth-order valence-corrected chi connectivity index (χ4v) is 4.19. The predicted octanol–water partition coefficient (Wildman–Crippen LogP) is 1.51. The van der Waals surface area contributed by atoms with Gasteiger partial charge in [0.05, 0.1) is 12.7 Å². The second kappa shape index (κ2) is 7.22. The van der Waals surface area contributed by atoms with Crippen molar-refractivity contribution in [1.82, 2.24) is 15.1 Å². The Morgan fingerprint density at radius 3 is 3.08 bits per heavy atom. The van der Waals surface area contributed by atoms with Crippen LogP contribution in [0.1, 0.15) is 18.4 Å². The highest BCUT2D eigenvalue weighted by Gasteiger charge is 2.32. The van der Waals surface area contributed by atoms with Gasteiger partial charge in [0.2, 0.25) is 0 Å². The summed E-state index contributed by atoms with van der Waals surface area (Å²) in [5.41, 5.74) is 2.42. The minimum absolute atomic E-state index is 0.0113. The highest BCUT2D eigenvalue weighted by molar-refractivity contribution is 5.75. The van der Waals surface area contributed by atoms with E-state index in [1.165, 1.54) is 30.6 Å². The van der Waals surface area contributed by atoms with Crippen molar-refractivity contribution in [2.24, 2.45) is 0 Å². The number of benzene rings is 1. The molecular weight excluding hydrogens is 316 g/mol. The Kier molecular flexibility index (Phi) is 4.81. The van der Waals surface area contributed by atoms with Crippen LogP contribution in [-0.4, -0.2) is 74.4 Å². The second-order valence-corrected chi connectivity index (χ2v) is 7.40. The lowest BCUT2D eigenvalue weighted by Gasteiger charge is -2.35. The van der Waals surface area contributed by atoms with Crippen molar-refractivity contribution in [3.8, 4) is 0 Å². The van der Waals surface area contributed by atoms with Crippen molar-refractivity contribution < 1.29 is 9.53 Å². The number of hydrogen-bond acceptors (Lipinski definition) is 4. The zero-order chi connectivity index (χ0) is 17.2. The van der Waals surface area contributed by atoms with Crippen LogP contribution in [0, 0.1) is 0 Å². The van der Waals surface area contributed by atoms with Crippen LogP contribution in [0.3, 0.4) is 0 Å². The summed E-state index contributed by atoms with van der Waals surface area (Å²) < 4.78 is 5.94. The average Bonchev–Trinajstić information content (AvgIpc) is 3.04. The molecule has 0 spiro atoms. The van der Waals surface area contributed by atoms with E-state index in [2.05, 4.69) is 40.4 Å². The molecule has 136 valence electrons. The molecule has 0 saturated carbocycles. The van der Waals surface area contributed by atoms with E-state index in [1.54, 1.807) is 0 Å². The summed E-state index contributed by atoms with van der Waals surface area (Å²) in [5, 5.41) is 3.09. The molecule has 6 nitrogen and oxygen atoms in total. The maximum atomic E-state index is 12.7. The number of nitrogens with zero attached hydrogens (tertiary/aromatic N) is 3. The monoisotopic (exact) mass is 344 g/mol. The van der Waals surface area contributed by atoms with E-state index in [0.717, 1.165) is 26.2 Å². The van der Waals surface area contributed by atoms with Crippen molar-refractivity contribution in [3.05, 3.63) is 29.8 Å². The van der Waals surface area contributed by atoms with Crippen LogP contribution < -0.4 is 10.2 Å². The molecule has 1 aromatic carbocycles. The van der Waals surface area contributed by atoms with Gasteiger partial charge < -0.3 is 19.9 Å². The predicted molar refractivity (Wildman–Crippen MR) is 97.9 cm³/mol. The maximum Gasteiger partial charge on any atom is 0.317 e. The zero-order valence-corrected chi connectivity index (χ0v) is 15.0. The molecule has 4 rings (SSSR count). The van der Waals surface area contributed by atoms with Gasteiger partial charge in [-0.2, -0.15) is 0 Å². The van der Waals surface area contributed by atoms with Crippen LogP contribution in [0.5, 0.6) is 0 Å². The van der Waals surface area contributed by atoms with Gasteiger partial charge >= 0.3 is 6.03 Å². The molecular formula is C19H28N4O2. The summed E-state index contributed by atoms with van der Waals surface area (Å²) in [7, 11) is 2.09. The summed E-state index contributed by atoms with van der Waals surface area (Å²) in [5.74, 6) is 0. The van der Waals surface area contributed by atoms with Gasteiger partial charge in [-0.15, -0.1) is 0 Å². The van der Waals surface area contributed by atoms with Crippen LogP contribution in [0.2, 0.25) is 0 Å². The largest absolute Gasteiger partial charge is 0.373 e. The minimum atomic E-state index is 0.0113. The van der Waals surface area contributed by atoms with E-state index in [1.807, 2.05) is 11.0 Å². The highest BCUT2D eigenvalue weighted by Crippen LogP contribution is 2.24. The third kappa shape index (κ3) is 3.60. The molecule has 2 atom stereocenters. The Labute approximate surface area is 149 Å². The lowest BCUT2D eigenvalue weighted by atomic mass is 10.1. The molecule has 3 aliphatic rings. The first-order chi connectivity index (χ1) is 12.2. The number of nitrogens with one attached hydrogen (secondary N) is 1. The van der Waals surface area contributed by atoms with E-state index in [9.17, 15) is 4.79 Å². The first kappa shape index (κ1) is 16.7. The van der Waals surface area contributed by atoms with Crippen molar-refractivity contribution in [1.29, 1.82) is 0 Å². The molecule has 1 aromatic rings. The number of anilines is 1. The van der Waals surface area contributed by atoms with Gasteiger partial charge in [-0.25, -0.2) is 4.79 Å². The van der Waals surface area contributed by atoms with E-state index in [4.69, 9.17) is 4.74 Å². The topological polar surface area (TPSA) is 48.0 Å². The molecule has 1 N–H and O–H groups in total. The number of carbonyl (C=O) groups is 1. The molecule has 0 aliphatic carbocycles. The molecule has 2 saturated heterocycles. The molecule has 6 heteroatoms. The second-order valence-electron chi connectivity index (χ2n) is 7.40. The van der Waals surface area contributed by atoms with Gasteiger partial charge in [-0.1, -0.05) is 18.2 Å². The smallest absolute Gasteiger partial charge is 0.317 e. The SMILES string of the molecule is CN1CCN(C(=O)NC[C@@H]2CN3CCC[C@@H]3CO2)Cc2ccccc21. The lowest BCUT2D eigenvalue weighted by Crippen LogP contribution is -2.51. The van der Waals surface area contributed by atoms with E-state index in [0.29, 0.717) is 19.1 Å². The molecule has 0 unspecified atom stereocenters. The fraction of sp³-hybridized carbons (Fsp3) is 0.632. The number of carbonyl (C=O) groups excluding carboxylic acids is 1. The number of rotatable bonds is 2. The third-order valence-electron chi connectivity index (χ3n) is 5.70. The number of amides is 2. The summed E-state index contributed by atoms with van der Waals surface area (Å²) in [4.78, 5) is 19.3. The van der Waals surface area contributed by atoms with Crippen LogP contribution in [-0.2, 0) is 11.3 Å². The number of para-hydroxylation sites is 1. The van der Waals surface area contributed by atoms with Gasteiger partial charge in [0.25, 0.3) is 0 Å². The minimum Gasteiger partial charge on any atom is -0.373 e. The number of morpholine rings is 1. The number of hydrogen-bond donors (Lipinski definition) is 1. The van der Waals surface area contributed by atoms with Crippen LogP contribution >= 0.6 is 0 Å². The van der Waals surface area contributed by atoms with Crippen LogP contribution in [0.15, 0.2) is 24.3 Å². The van der Waals surface area contributed by atoms with Gasteiger partial charge in [0.15, 0.2) is 0 Å². The van der Waals surface area contributed by atoms with Crippen molar-refractivity contribution >= 4 is 11.7 Å². The van der Waals surface area contributed by atoms with Crippen LogP contribution in [0.25, 0.3) is 0 Å². The zero-order valence-electron chi connectivity index (χ0n) is 15.0. The maximum absolute atomic E-state index is 12.7. The average molecular weight is 344 g/mol. The van der Waals surface area contributed by atoms with Crippen LogP contribution in [0.4, 0.5) is 10.5 Å². The quantitative estimate of drug-likeness (QED) is 0.884. The Morgan fingerprint density at radius 2 is 2.16 bits per heavy atom. The van der Waals surface area contributed by atoms with E-state index >= 15 is 0 Å². The number of ether oxygens (including phenoxy) is 1. The third-order valence-corrected chi connectivity index (χ3v) is 5.70. The summed E-state index contributed by atoms with van der Waals surface area (Å²) in [6.07, 6.45) is 2.63. The summed E-state index contributed by atoms with van der Waals surface area (Å²) in [6.45, 7) is 5.76. The molecule has 0 aromatic heterocycles. The molecule has 3 aliphatic heterocycles. The molecule has 2 fully saturated rings. The number of fused-ring (bicyclic) bond motifs is 2. The van der Waals surface area contributed by atoms with Crippen molar-refractivity contribution in [2.45, 2.75) is 31.5 Å². The number of urea groups is 1. The first-order valence-electron chi connectivity index (χ1n) is 9.38. The van der Waals surface area contributed by atoms with Crippen molar-refractivity contribution in [2.75, 3.05) is 51.3 Å². The molecule has 0 radical (unpaired) electrons. The van der Waals surface area contributed by atoms with E-state index < -0.39 is 0 Å². The Morgan fingerprint density at radius 1 is 1.28 bits per heavy atom. The first-order valence-corrected chi connectivity index (χ1v) is 9.38. The van der Waals surface area contributed by atoms with Gasteiger partial charge in [0.1, 0.15) is 0 Å². The Balaban J connectivity index is 1.32. The Hall–Kier alpha value is -1.79. The molecule has 2 amide bonds. The van der Waals surface area contributed by atoms with Crippen molar-refractivity contribution in [3.63, 3.8) is 0 Å². The Bertz CT molecular complexity index is 623.